The molecule has 0 aliphatic heterocycles. The van der Waals surface area contributed by atoms with Crippen molar-refractivity contribution in [2.24, 2.45) is 0 Å². The molecule has 2 rings (SSSR count). The van der Waals surface area contributed by atoms with Crippen LogP contribution in [0.25, 0.3) is 0 Å². The van der Waals surface area contributed by atoms with E-state index in [9.17, 15) is 13.2 Å². The van der Waals surface area contributed by atoms with Gasteiger partial charge in [-0.1, -0.05) is 60.7 Å². The Morgan fingerprint density at radius 2 is 1.64 bits per heavy atom. The molecule has 25 heavy (non-hydrogen) atoms. The van der Waals surface area contributed by atoms with Crippen molar-refractivity contribution in [3.63, 3.8) is 0 Å². The molecule has 0 saturated heterocycles. The molecule has 0 heterocycles. The van der Waals surface area contributed by atoms with E-state index in [0.29, 0.717) is 12.8 Å². The number of nitrogens with one attached hydrogen (secondary N) is 1. The number of carbonyl (C=O) groups is 1. The van der Waals surface area contributed by atoms with Gasteiger partial charge in [0.2, 0.25) is 9.05 Å². The van der Waals surface area contributed by atoms with Crippen LogP contribution in [0.5, 0.6) is 0 Å². The van der Waals surface area contributed by atoms with Gasteiger partial charge in [-0.15, -0.1) is 0 Å². The Labute approximate surface area is 152 Å². The zero-order valence-corrected chi connectivity index (χ0v) is 15.2. The zero-order chi connectivity index (χ0) is 18.1. The molecule has 0 bridgehead atoms. The largest absolute Gasteiger partial charge is 0.445 e. The van der Waals surface area contributed by atoms with Crippen molar-refractivity contribution in [3.8, 4) is 0 Å². The van der Waals surface area contributed by atoms with Crippen molar-refractivity contribution in [3.05, 3.63) is 71.8 Å². The van der Waals surface area contributed by atoms with Crippen LogP contribution in [0, 0.1) is 0 Å². The Morgan fingerprint density at radius 3 is 2.24 bits per heavy atom. The summed E-state index contributed by atoms with van der Waals surface area (Å²) in [7, 11) is 1.70. The number of carbonyl (C=O) groups excluding carboxylic acids is 1. The molecule has 134 valence electrons. The summed E-state index contributed by atoms with van der Waals surface area (Å²) in [6.07, 6.45) is 0.229. The fraction of sp³-hybridized carbons (Fsp3) is 0.278. The predicted molar refractivity (Wildman–Crippen MR) is 97.8 cm³/mol. The second kappa shape index (κ2) is 9.44. The lowest BCUT2D eigenvalue weighted by atomic mass is 10.0. The average Bonchev–Trinajstić information content (AvgIpc) is 2.60. The monoisotopic (exact) mass is 381 g/mol. The normalized spacial score (nSPS) is 12.4. The predicted octanol–water partition coefficient (Wildman–Crippen LogP) is 4.00. The molecule has 2 aromatic carbocycles. The molecule has 1 N–H and O–H groups in total. The zero-order valence-electron chi connectivity index (χ0n) is 13.6. The van der Waals surface area contributed by atoms with Gasteiger partial charge in [-0.3, -0.25) is 0 Å². The number of amides is 1. The molecule has 5 nitrogen and oxygen atoms in total. The maximum atomic E-state index is 12.1. The summed E-state index contributed by atoms with van der Waals surface area (Å²) in [4.78, 5) is 12.1. The average molecular weight is 382 g/mol. The Bertz CT molecular complexity index is 766. The lowest BCUT2D eigenvalue weighted by molar-refractivity contribution is 0.135. The van der Waals surface area contributed by atoms with Crippen molar-refractivity contribution in [2.75, 3.05) is 5.75 Å². The number of rotatable bonds is 8. The highest BCUT2D eigenvalue weighted by Gasteiger charge is 2.16. The molecule has 0 spiro atoms. The van der Waals surface area contributed by atoms with Crippen molar-refractivity contribution in [1.82, 2.24) is 5.32 Å². The van der Waals surface area contributed by atoms with Gasteiger partial charge in [0.05, 0.1) is 11.8 Å². The smallest absolute Gasteiger partial charge is 0.407 e. The van der Waals surface area contributed by atoms with E-state index in [0.717, 1.165) is 11.1 Å². The van der Waals surface area contributed by atoms with Crippen LogP contribution in [-0.2, 0) is 20.4 Å². The van der Waals surface area contributed by atoms with E-state index in [1.807, 2.05) is 60.7 Å². The van der Waals surface area contributed by atoms with Crippen LogP contribution in [0.1, 0.15) is 30.0 Å². The van der Waals surface area contributed by atoms with E-state index >= 15 is 0 Å². The third-order valence-corrected chi connectivity index (χ3v) is 4.83. The van der Waals surface area contributed by atoms with Gasteiger partial charge < -0.3 is 10.1 Å². The van der Waals surface area contributed by atoms with Crippen LogP contribution in [0.3, 0.4) is 0 Å². The molecule has 0 aromatic heterocycles. The summed E-state index contributed by atoms with van der Waals surface area (Å²) < 4.78 is 27.4. The van der Waals surface area contributed by atoms with Crippen LogP contribution < -0.4 is 5.32 Å². The third kappa shape index (κ3) is 7.58. The molecule has 0 unspecified atom stereocenters. The fourth-order valence-corrected chi connectivity index (χ4v) is 3.21. The van der Waals surface area contributed by atoms with Crippen molar-refractivity contribution in [2.45, 2.75) is 25.5 Å². The Balaban J connectivity index is 1.94. The minimum absolute atomic E-state index is 0.140. The van der Waals surface area contributed by atoms with Crippen molar-refractivity contribution >= 4 is 25.8 Å². The molecular weight excluding hydrogens is 362 g/mol. The number of hydrogen-bond donors (Lipinski definition) is 1. The Kier molecular flexibility index (Phi) is 7.28. The summed E-state index contributed by atoms with van der Waals surface area (Å²) in [6.45, 7) is 0.171. The van der Waals surface area contributed by atoms with E-state index in [1.54, 1.807) is 0 Å². The summed E-state index contributed by atoms with van der Waals surface area (Å²) in [6, 6.07) is 18.4. The van der Waals surface area contributed by atoms with Gasteiger partial charge >= 0.3 is 6.09 Å². The van der Waals surface area contributed by atoms with Gasteiger partial charge in [0.15, 0.2) is 0 Å². The highest BCUT2D eigenvalue weighted by atomic mass is 35.7. The van der Waals surface area contributed by atoms with Crippen molar-refractivity contribution < 1.29 is 17.9 Å². The highest BCUT2D eigenvalue weighted by Crippen LogP contribution is 2.19. The standard InChI is InChI=1S/C18H20ClNO4S/c19-25(22,23)13-7-12-17(16-10-5-2-6-11-16)20-18(21)24-14-15-8-3-1-4-9-15/h1-6,8-11,17H,7,12-14H2,(H,20,21)/t17-/m0/s1. The molecule has 1 amide bonds. The topological polar surface area (TPSA) is 72.5 Å². The lowest BCUT2D eigenvalue weighted by Crippen LogP contribution is -2.29. The Hall–Kier alpha value is -2.05. The molecule has 0 radical (unpaired) electrons. The fourth-order valence-electron chi connectivity index (χ4n) is 2.37. The van der Waals surface area contributed by atoms with E-state index < -0.39 is 15.1 Å². The second-order valence-corrected chi connectivity index (χ2v) is 8.45. The number of halogens is 1. The number of ether oxygens (including phenoxy) is 1. The van der Waals surface area contributed by atoms with Gasteiger partial charge in [0.1, 0.15) is 6.61 Å². The summed E-state index contributed by atoms with van der Waals surface area (Å²) in [5.41, 5.74) is 1.77. The first-order valence-corrected chi connectivity index (χ1v) is 10.4. The van der Waals surface area contributed by atoms with E-state index in [2.05, 4.69) is 5.32 Å². The quantitative estimate of drug-likeness (QED) is 0.701. The first-order valence-electron chi connectivity index (χ1n) is 7.88. The van der Waals surface area contributed by atoms with E-state index in [4.69, 9.17) is 15.4 Å². The van der Waals surface area contributed by atoms with Crippen LogP contribution in [-0.4, -0.2) is 20.3 Å². The van der Waals surface area contributed by atoms with Gasteiger partial charge in [0, 0.05) is 10.7 Å². The summed E-state index contributed by atoms with van der Waals surface area (Å²) in [5.74, 6) is -0.140. The first-order chi connectivity index (χ1) is 11.9. The maximum absolute atomic E-state index is 12.1. The van der Waals surface area contributed by atoms with Gasteiger partial charge in [-0.2, -0.15) is 0 Å². The molecule has 0 aliphatic rings. The maximum Gasteiger partial charge on any atom is 0.407 e. The van der Waals surface area contributed by atoms with Gasteiger partial charge in [-0.25, -0.2) is 13.2 Å². The Morgan fingerprint density at radius 1 is 1.04 bits per heavy atom. The molecule has 0 aliphatic carbocycles. The molecule has 2 aromatic rings. The molecule has 0 fully saturated rings. The SMILES string of the molecule is O=C(N[C@@H](CCCS(=O)(=O)Cl)c1ccccc1)OCc1ccccc1. The van der Waals surface area contributed by atoms with Crippen LogP contribution in [0.2, 0.25) is 0 Å². The van der Waals surface area contributed by atoms with E-state index in [1.165, 1.54) is 0 Å². The lowest BCUT2D eigenvalue weighted by Gasteiger charge is -2.19. The highest BCUT2D eigenvalue weighted by molar-refractivity contribution is 8.13. The number of hydrogen-bond acceptors (Lipinski definition) is 4. The molecular formula is C18H20ClNO4S. The second-order valence-electron chi connectivity index (χ2n) is 5.55. The van der Waals surface area contributed by atoms with Crippen LogP contribution >= 0.6 is 10.7 Å². The van der Waals surface area contributed by atoms with Crippen LogP contribution in [0.4, 0.5) is 4.79 Å². The molecule has 0 saturated carbocycles. The molecule has 7 heteroatoms. The summed E-state index contributed by atoms with van der Waals surface area (Å²) in [5, 5.41) is 2.79. The summed E-state index contributed by atoms with van der Waals surface area (Å²) >= 11 is 0. The molecule has 1 atom stereocenters. The van der Waals surface area contributed by atoms with Crippen molar-refractivity contribution in [1.29, 1.82) is 0 Å². The minimum atomic E-state index is -3.55. The number of alkyl carbamates (subject to hydrolysis) is 1. The third-order valence-electron chi connectivity index (χ3n) is 3.59. The first kappa shape index (κ1) is 19.3. The minimum Gasteiger partial charge on any atom is -0.445 e. The number of benzene rings is 2. The van der Waals surface area contributed by atoms with E-state index in [-0.39, 0.29) is 18.4 Å². The van der Waals surface area contributed by atoms with Crippen LogP contribution in [0.15, 0.2) is 60.7 Å². The van der Waals surface area contributed by atoms with Gasteiger partial charge in [-0.05, 0) is 24.0 Å². The van der Waals surface area contributed by atoms with Gasteiger partial charge in [0.25, 0.3) is 0 Å².